The summed E-state index contributed by atoms with van der Waals surface area (Å²) in [5.74, 6) is 0.0834. The summed E-state index contributed by atoms with van der Waals surface area (Å²) in [5, 5.41) is 20.8. The van der Waals surface area contributed by atoms with E-state index in [1.807, 2.05) is 0 Å². The highest BCUT2D eigenvalue weighted by Gasteiger charge is 2.20. The molecule has 0 spiro atoms. The van der Waals surface area contributed by atoms with Gasteiger partial charge in [0.15, 0.2) is 0 Å². The van der Waals surface area contributed by atoms with Crippen molar-refractivity contribution in [2.45, 2.75) is 6.54 Å². The van der Waals surface area contributed by atoms with Crippen LogP contribution in [0.25, 0.3) is 0 Å². The molecule has 0 aromatic carbocycles. The molecule has 2 aromatic rings. The van der Waals surface area contributed by atoms with Crippen molar-refractivity contribution in [3.8, 4) is 0 Å². The summed E-state index contributed by atoms with van der Waals surface area (Å²) in [6.07, 6.45) is 4.39. The van der Waals surface area contributed by atoms with Gasteiger partial charge in [-0.2, -0.15) is 0 Å². The van der Waals surface area contributed by atoms with Crippen LogP contribution < -0.4 is 5.32 Å². The largest absolute Gasteiger partial charge is 0.362 e. The Morgan fingerprint density at radius 2 is 2.33 bits per heavy atom. The molecule has 0 aliphatic carbocycles. The van der Waals surface area contributed by atoms with E-state index < -0.39 is 4.92 Å². The molecule has 2 heterocycles. The number of anilines is 1. The van der Waals surface area contributed by atoms with Crippen LogP contribution in [0.5, 0.6) is 0 Å². The number of nitrogens with one attached hydrogen (secondary N) is 1. The number of halogens is 1. The maximum atomic E-state index is 10.8. The van der Waals surface area contributed by atoms with Gasteiger partial charge in [0, 0.05) is 12.7 Å². The van der Waals surface area contributed by atoms with Crippen molar-refractivity contribution in [3.63, 3.8) is 0 Å². The van der Waals surface area contributed by atoms with Crippen molar-refractivity contribution in [2.24, 2.45) is 0 Å². The molecule has 18 heavy (non-hydrogen) atoms. The molecular formula is C8H8ClN7O2. The minimum Gasteiger partial charge on any atom is -0.362 e. The lowest BCUT2D eigenvalue weighted by atomic mass is 10.4. The van der Waals surface area contributed by atoms with Crippen molar-refractivity contribution >= 4 is 23.1 Å². The van der Waals surface area contributed by atoms with Crippen LogP contribution in [-0.4, -0.2) is 36.4 Å². The zero-order valence-corrected chi connectivity index (χ0v) is 9.78. The Balaban J connectivity index is 2.05. The molecule has 0 amide bonds. The summed E-state index contributed by atoms with van der Waals surface area (Å²) in [6, 6.07) is 0. The van der Waals surface area contributed by atoms with Crippen molar-refractivity contribution in [1.29, 1.82) is 0 Å². The number of nitrogens with zero attached hydrogens (tertiary/aromatic N) is 6. The molecule has 9 nitrogen and oxygen atoms in total. The number of rotatable bonds is 5. The van der Waals surface area contributed by atoms with Crippen molar-refractivity contribution < 1.29 is 4.92 Å². The topological polar surface area (TPSA) is 112 Å². The Morgan fingerprint density at radius 1 is 1.50 bits per heavy atom. The van der Waals surface area contributed by atoms with E-state index in [2.05, 4.69) is 25.6 Å². The fraction of sp³-hybridized carbons (Fsp3) is 0.250. The molecule has 0 radical (unpaired) electrons. The molecule has 2 rings (SSSR count). The number of hydrogen-bond donors (Lipinski definition) is 1. The highest BCUT2D eigenvalue weighted by atomic mass is 35.5. The van der Waals surface area contributed by atoms with Gasteiger partial charge in [0.1, 0.15) is 6.33 Å². The summed E-state index contributed by atoms with van der Waals surface area (Å²) < 4.78 is 1.58. The minimum atomic E-state index is -0.625. The minimum absolute atomic E-state index is 0.0834. The molecule has 0 atom stereocenters. The first-order valence-electron chi connectivity index (χ1n) is 4.91. The van der Waals surface area contributed by atoms with Gasteiger partial charge in [0.2, 0.25) is 11.0 Å². The van der Waals surface area contributed by atoms with E-state index in [9.17, 15) is 10.1 Å². The zero-order valence-electron chi connectivity index (χ0n) is 9.02. The molecule has 1 N–H and O–H groups in total. The smallest absolute Gasteiger partial charge is 0.348 e. The number of nitro groups is 1. The van der Waals surface area contributed by atoms with Gasteiger partial charge in [0.05, 0.1) is 17.7 Å². The first-order chi connectivity index (χ1) is 8.68. The fourth-order valence-corrected chi connectivity index (χ4v) is 1.49. The predicted octanol–water partition coefficient (Wildman–Crippen LogP) is 0.742. The summed E-state index contributed by atoms with van der Waals surface area (Å²) in [4.78, 5) is 17.5. The van der Waals surface area contributed by atoms with E-state index in [1.54, 1.807) is 17.1 Å². The van der Waals surface area contributed by atoms with Gasteiger partial charge >= 0.3 is 5.69 Å². The molecule has 0 aliphatic rings. The van der Waals surface area contributed by atoms with Crippen LogP contribution in [0.1, 0.15) is 0 Å². The highest BCUT2D eigenvalue weighted by molar-refractivity contribution is 6.31. The second-order valence-electron chi connectivity index (χ2n) is 3.21. The molecule has 0 bridgehead atoms. The molecule has 94 valence electrons. The Morgan fingerprint density at radius 3 is 3.00 bits per heavy atom. The lowest BCUT2D eigenvalue weighted by Crippen LogP contribution is -2.13. The zero-order chi connectivity index (χ0) is 13.0. The van der Waals surface area contributed by atoms with E-state index in [0.717, 1.165) is 6.33 Å². The Kier molecular flexibility index (Phi) is 3.63. The second-order valence-corrected chi connectivity index (χ2v) is 3.57. The Hall–Kier alpha value is -2.29. The lowest BCUT2D eigenvalue weighted by Gasteiger charge is -2.05. The van der Waals surface area contributed by atoms with E-state index in [1.165, 1.54) is 0 Å². The maximum Gasteiger partial charge on any atom is 0.348 e. The molecule has 0 saturated carbocycles. The molecule has 0 fully saturated rings. The summed E-state index contributed by atoms with van der Waals surface area (Å²) in [5.41, 5.74) is -0.335. The number of aromatic nitrogens is 5. The standard InChI is InChI=1S/C8H8ClN7O2/c9-7-6(16(17)18)8(12-5-11-7)10-1-3-15-4-2-13-14-15/h2,4-5H,1,3H2,(H,10,11,12). The molecule has 0 saturated heterocycles. The predicted molar refractivity (Wildman–Crippen MR) is 62.2 cm³/mol. The molecule has 10 heteroatoms. The SMILES string of the molecule is O=[N+]([O-])c1c(Cl)ncnc1NCCn1ccnn1. The third-order valence-electron chi connectivity index (χ3n) is 2.07. The van der Waals surface area contributed by atoms with E-state index in [-0.39, 0.29) is 16.7 Å². The van der Waals surface area contributed by atoms with Crippen LogP contribution in [-0.2, 0) is 6.54 Å². The highest BCUT2D eigenvalue weighted by Crippen LogP contribution is 2.27. The number of hydrogen-bond acceptors (Lipinski definition) is 7. The molecule has 2 aromatic heterocycles. The molecule has 0 aliphatic heterocycles. The monoisotopic (exact) mass is 269 g/mol. The van der Waals surface area contributed by atoms with Crippen molar-refractivity contribution in [3.05, 3.63) is 34.0 Å². The van der Waals surface area contributed by atoms with Gasteiger partial charge in [-0.1, -0.05) is 16.8 Å². The lowest BCUT2D eigenvalue weighted by molar-refractivity contribution is -0.384. The van der Waals surface area contributed by atoms with Gasteiger partial charge < -0.3 is 5.32 Å². The molecular weight excluding hydrogens is 262 g/mol. The van der Waals surface area contributed by atoms with E-state index >= 15 is 0 Å². The average Bonchev–Trinajstić information content (AvgIpc) is 2.81. The summed E-state index contributed by atoms with van der Waals surface area (Å²) in [7, 11) is 0. The van der Waals surface area contributed by atoms with Gasteiger partial charge in [0.25, 0.3) is 0 Å². The van der Waals surface area contributed by atoms with E-state index in [0.29, 0.717) is 13.1 Å². The van der Waals surface area contributed by atoms with Crippen molar-refractivity contribution in [1.82, 2.24) is 25.0 Å². The van der Waals surface area contributed by atoms with Crippen LogP contribution in [0.2, 0.25) is 5.15 Å². The van der Waals surface area contributed by atoms with E-state index in [4.69, 9.17) is 11.6 Å². The Labute approximate surface area is 106 Å². The summed E-state index contributed by atoms with van der Waals surface area (Å²) >= 11 is 5.64. The first-order valence-corrected chi connectivity index (χ1v) is 5.29. The maximum absolute atomic E-state index is 10.8. The van der Waals surface area contributed by atoms with Crippen LogP contribution >= 0.6 is 11.6 Å². The first kappa shape index (κ1) is 12.2. The van der Waals surface area contributed by atoms with Gasteiger partial charge in [-0.25, -0.2) is 9.97 Å². The van der Waals surface area contributed by atoms with Crippen LogP contribution in [0.3, 0.4) is 0 Å². The quantitative estimate of drug-likeness (QED) is 0.484. The Bertz CT molecular complexity index is 544. The van der Waals surface area contributed by atoms with Crippen LogP contribution in [0, 0.1) is 10.1 Å². The van der Waals surface area contributed by atoms with Crippen molar-refractivity contribution in [2.75, 3.05) is 11.9 Å². The van der Waals surface area contributed by atoms with Crippen LogP contribution in [0.4, 0.5) is 11.5 Å². The normalized spacial score (nSPS) is 10.3. The second kappa shape index (κ2) is 5.36. The third kappa shape index (κ3) is 2.69. The third-order valence-corrected chi connectivity index (χ3v) is 2.34. The summed E-state index contributed by atoms with van der Waals surface area (Å²) in [6.45, 7) is 0.899. The fourth-order valence-electron chi connectivity index (χ4n) is 1.29. The van der Waals surface area contributed by atoms with Gasteiger partial charge in [-0.05, 0) is 0 Å². The van der Waals surface area contributed by atoms with Crippen LogP contribution in [0.15, 0.2) is 18.7 Å². The van der Waals surface area contributed by atoms with Gasteiger partial charge in [-0.3, -0.25) is 14.8 Å². The van der Waals surface area contributed by atoms with Gasteiger partial charge in [-0.15, -0.1) is 5.10 Å². The molecule has 0 unspecified atom stereocenters. The average molecular weight is 270 g/mol.